The Hall–Kier alpha value is -1.13. The summed E-state index contributed by atoms with van der Waals surface area (Å²) in [5, 5.41) is 8.97. The van der Waals surface area contributed by atoms with Crippen LogP contribution in [0.1, 0.15) is 35.6 Å². The first-order valence-electron chi connectivity index (χ1n) is 6.00. The number of nitrogens with zero attached hydrogens (tertiary/aromatic N) is 1. The van der Waals surface area contributed by atoms with Crippen LogP contribution in [0.2, 0.25) is 0 Å². The third kappa shape index (κ3) is 3.68. The van der Waals surface area contributed by atoms with Crippen LogP contribution in [0, 0.1) is 13.8 Å². The molecule has 0 unspecified atom stereocenters. The molecule has 1 heterocycles. The van der Waals surface area contributed by atoms with E-state index in [9.17, 15) is 4.79 Å². The van der Waals surface area contributed by atoms with Gasteiger partial charge in [-0.25, -0.2) is 0 Å². The molecule has 0 saturated heterocycles. The van der Waals surface area contributed by atoms with E-state index in [-0.39, 0.29) is 18.4 Å². The zero-order chi connectivity index (χ0) is 13.0. The minimum absolute atomic E-state index is 0.0800. The molecule has 2 N–H and O–H groups in total. The van der Waals surface area contributed by atoms with E-state index in [1.807, 2.05) is 38.7 Å². The summed E-state index contributed by atoms with van der Waals surface area (Å²) in [4.78, 5) is 17.2. The van der Waals surface area contributed by atoms with Crippen LogP contribution in [0.4, 0.5) is 0 Å². The van der Waals surface area contributed by atoms with Crippen LogP contribution in [0.15, 0.2) is 6.07 Å². The first-order valence-corrected chi connectivity index (χ1v) is 6.00. The zero-order valence-corrected chi connectivity index (χ0v) is 11.1. The molecule has 4 nitrogen and oxygen atoms in total. The van der Waals surface area contributed by atoms with Gasteiger partial charge in [0, 0.05) is 29.5 Å². The van der Waals surface area contributed by atoms with E-state index in [1.54, 1.807) is 0 Å². The van der Waals surface area contributed by atoms with Gasteiger partial charge in [0.1, 0.15) is 0 Å². The van der Waals surface area contributed by atoms with Crippen molar-refractivity contribution in [1.29, 1.82) is 0 Å². The topological polar surface area (TPSA) is 56.3 Å². The Labute approximate surface area is 103 Å². The van der Waals surface area contributed by atoms with Crippen molar-refractivity contribution < 1.29 is 9.90 Å². The number of H-pyrrole nitrogens is 1. The summed E-state index contributed by atoms with van der Waals surface area (Å²) in [6.07, 6.45) is 0. The van der Waals surface area contributed by atoms with Crippen molar-refractivity contribution >= 4 is 5.78 Å². The summed E-state index contributed by atoms with van der Waals surface area (Å²) in [5.41, 5.74) is 2.68. The average Bonchev–Trinajstić information content (AvgIpc) is 2.57. The minimum atomic E-state index is 0.0800. The van der Waals surface area contributed by atoms with Gasteiger partial charge in [0.2, 0.25) is 0 Å². The van der Waals surface area contributed by atoms with Crippen molar-refractivity contribution in [2.45, 2.75) is 33.7 Å². The van der Waals surface area contributed by atoms with Crippen molar-refractivity contribution in [3.05, 3.63) is 23.0 Å². The zero-order valence-electron chi connectivity index (χ0n) is 11.1. The molecule has 0 fully saturated rings. The number of nitrogens with one attached hydrogen (secondary N) is 1. The van der Waals surface area contributed by atoms with Crippen molar-refractivity contribution in [2.75, 3.05) is 19.7 Å². The van der Waals surface area contributed by atoms with Crippen molar-refractivity contribution in [2.24, 2.45) is 0 Å². The monoisotopic (exact) mass is 238 g/mol. The smallest absolute Gasteiger partial charge is 0.178 e. The van der Waals surface area contributed by atoms with Crippen LogP contribution in [-0.2, 0) is 0 Å². The van der Waals surface area contributed by atoms with Crippen LogP contribution < -0.4 is 0 Å². The molecule has 4 heteroatoms. The van der Waals surface area contributed by atoms with E-state index in [0.29, 0.717) is 13.1 Å². The van der Waals surface area contributed by atoms with Crippen LogP contribution in [-0.4, -0.2) is 46.5 Å². The first kappa shape index (κ1) is 13.9. The van der Waals surface area contributed by atoms with Gasteiger partial charge in [0.25, 0.3) is 0 Å². The summed E-state index contributed by atoms with van der Waals surface area (Å²) in [7, 11) is 0. The van der Waals surface area contributed by atoms with E-state index in [2.05, 4.69) is 4.98 Å². The lowest BCUT2D eigenvalue weighted by molar-refractivity contribution is 0.0881. The van der Waals surface area contributed by atoms with Gasteiger partial charge in [-0.15, -0.1) is 0 Å². The maximum atomic E-state index is 12.1. The Balaban J connectivity index is 2.73. The lowest BCUT2D eigenvalue weighted by Gasteiger charge is -2.24. The Morgan fingerprint density at radius 3 is 2.53 bits per heavy atom. The van der Waals surface area contributed by atoms with E-state index in [0.717, 1.165) is 17.0 Å². The molecule has 0 aliphatic rings. The third-order valence-corrected chi connectivity index (χ3v) is 2.91. The van der Waals surface area contributed by atoms with Crippen molar-refractivity contribution in [1.82, 2.24) is 9.88 Å². The summed E-state index contributed by atoms with van der Waals surface area (Å²) >= 11 is 0. The molecule has 0 bridgehead atoms. The number of aryl methyl sites for hydroxylation is 2. The molecule has 17 heavy (non-hydrogen) atoms. The molecule has 0 amide bonds. The third-order valence-electron chi connectivity index (χ3n) is 2.91. The summed E-state index contributed by atoms with van der Waals surface area (Å²) in [6, 6.07) is 2.14. The largest absolute Gasteiger partial charge is 0.395 e. The molecule has 1 aromatic heterocycles. The SMILES string of the molecule is Cc1cc(C(=O)CN(CCO)C(C)C)c(C)[nH]1. The molecular formula is C13H22N2O2. The highest BCUT2D eigenvalue weighted by molar-refractivity contribution is 5.98. The molecular weight excluding hydrogens is 216 g/mol. The maximum Gasteiger partial charge on any atom is 0.178 e. The van der Waals surface area contributed by atoms with Crippen LogP contribution in [0.3, 0.4) is 0 Å². The Morgan fingerprint density at radius 2 is 2.12 bits per heavy atom. The summed E-state index contributed by atoms with van der Waals surface area (Å²) in [6.45, 7) is 8.87. The van der Waals surface area contributed by atoms with Crippen molar-refractivity contribution in [3.8, 4) is 0 Å². The Morgan fingerprint density at radius 1 is 1.47 bits per heavy atom. The van der Waals surface area contributed by atoms with Crippen LogP contribution >= 0.6 is 0 Å². The van der Waals surface area contributed by atoms with Gasteiger partial charge in [-0.1, -0.05) is 0 Å². The fourth-order valence-electron chi connectivity index (χ4n) is 1.93. The van der Waals surface area contributed by atoms with E-state index >= 15 is 0 Å². The molecule has 0 atom stereocenters. The number of aromatic nitrogens is 1. The van der Waals surface area contributed by atoms with Gasteiger partial charge in [0.15, 0.2) is 5.78 Å². The number of hydrogen-bond acceptors (Lipinski definition) is 3. The second-order valence-corrected chi connectivity index (χ2v) is 4.70. The quantitative estimate of drug-likeness (QED) is 0.739. The van der Waals surface area contributed by atoms with E-state index in [1.165, 1.54) is 0 Å². The van der Waals surface area contributed by atoms with Gasteiger partial charge in [-0.3, -0.25) is 9.69 Å². The highest BCUT2D eigenvalue weighted by Crippen LogP contribution is 2.11. The minimum Gasteiger partial charge on any atom is -0.395 e. The van der Waals surface area contributed by atoms with Gasteiger partial charge < -0.3 is 10.1 Å². The lowest BCUT2D eigenvalue weighted by Crippen LogP contribution is -2.37. The molecule has 0 spiro atoms. The summed E-state index contributed by atoms with van der Waals surface area (Å²) in [5.74, 6) is 0.106. The highest BCUT2D eigenvalue weighted by atomic mass is 16.3. The average molecular weight is 238 g/mol. The van der Waals surface area contributed by atoms with Gasteiger partial charge in [-0.2, -0.15) is 0 Å². The van der Waals surface area contributed by atoms with E-state index < -0.39 is 0 Å². The number of carbonyl (C=O) groups is 1. The number of carbonyl (C=O) groups excluding carboxylic acids is 1. The molecule has 0 aliphatic heterocycles. The predicted octanol–water partition coefficient (Wildman–Crippen LogP) is 1.52. The predicted molar refractivity (Wildman–Crippen MR) is 68.4 cm³/mol. The fraction of sp³-hybridized carbons (Fsp3) is 0.615. The van der Waals surface area contributed by atoms with Crippen LogP contribution in [0.25, 0.3) is 0 Å². The second-order valence-electron chi connectivity index (χ2n) is 4.70. The number of ketones is 1. The number of aromatic amines is 1. The van der Waals surface area contributed by atoms with Crippen molar-refractivity contribution in [3.63, 3.8) is 0 Å². The molecule has 1 aromatic rings. The van der Waals surface area contributed by atoms with Crippen LogP contribution in [0.5, 0.6) is 0 Å². The number of hydrogen-bond donors (Lipinski definition) is 2. The molecule has 0 radical (unpaired) electrons. The molecule has 1 rings (SSSR count). The normalized spacial score (nSPS) is 11.5. The standard InChI is InChI=1S/C13H22N2O2/c1-9(2)15(5-6-16)8-13(17)12-7-10(3)14-11(12)4/h7,9,14,16H,5-6,8H2,1-4H3. The van der Waals surface area contributed by atoms with Gasteiger partial charge in [-0.05, 0) is 33.8 Å². The lowest BCUT2D eigenvalue weighted by atomic mass is 10.1. The first-order chi connectivity index (χ1) is 7.95. The molecule has 0 saturated carbocycles. The number of aliphatic hydroxyl groups excluding tert-OH is 1. The Bertz CT molecular complexity index is 383. The maximum absolute atomic E-state index is 12.1. The summed E-state index contributed by atoms with van der Waals surface area (Å²) < 4.78 is 0. The molecule has 0 aliphatic carbocycles. The fourth-order valence-corrected chi connectivity index (χ4v) is 1.93. The number of aliphatic hydroxyl groups is 1. The van der Waals surface area contributed by atoms with Gasteiger partial charge in [0.05, 0.1) is 13.2 Å². The van der Waals surface area contributed by atoms with Gasteiger partial charge >= 0.3 is 0 Å². The second kappa shape index (κ2) is 5.98. The van der Waals surface area contributed by atoms with E-state index in [4.69, 9.17) is 5.11 Å². The number of Topliss-reactive ketones (excluding diaryl/α,β-unsaturated/α-hetero) is 1. The highest BCUT2D eigenvalue weighted by Gasteiger charge is 2.17. The molecule has 0 aromatic carbocycles. The molecule has 96 valence electrons. The Kier molecular flexibility index (Phi) is 4.90. The number of rotatable bonds is 6.